The van der Waals surface area contributed by atoms with Gasteiger partial charge in [0.15, 0.2) is 0 Å². The zero-order valence-corrected chi connectivity index (χ0v) is 9.29. The van der Waals surface area contributed by atoms with Crippen molar-refractivity contribution in [2.24, 2.45) is 11.8 Å². The minimum atomic E-state index is -0.0914. The number of hydrogen-bond donors (Lipinski definition) is 0. The predicted octanol–water partition coefficient (Wildman–Crippen LogP) is 2.00. The van der Waals surface area contributed by atoms with Gasteiger partial charge < -0.3 is 9.47 Å². The van der Waals surface area contributed by atoms with Gasteiger partial charge in [0, 0.05) is 7.11 Å². The molecule has 14 heavy (non-hydrogen) atoms. The van der Waals surface area contributed by atoms with Crippen molar-refractivity contribution in [3.8, 4) is 0 Å². The lowest BCUT2D eigenvalue weighted by Gasteiger charge is -2.32. The van der Waals surface area contributed by atoms with Crippen LogP contribution in [-0.4, -0.2) is 25.8 Å². The topological polar surface area (TPSA) is 35.5 Å². The van der Waals surface area contributed by atoms with E-state index in [2.05, 4.69) is 6.92 Å². The fourth-order valence-corrected chi connectivity index (χ4v) is 2.11. The van der Waals surface area contributed by atoms with Crippen LogP contribution >= 0.6 is 0 Å². The summed E-state index contributed by atoms with van der Waals surface area (Å²) in [5, 5.41) is 0. The van der Waals surface area contributed by atoms with E-state index in [1.165, 1.54) is 0 Å². The van der Waals surface area contributed by atoms with Crippen LogP contribution in [0.2, 0.25) is 0 Å². The first-order valence-electron chi connectivity index (χ1n) is 5.38. The van der Waals surface area contributed by atoms with Crippen LogP contribution < -0.4 is 0 Å². The SMILES string of the molecule is CCOC(=O)[C@@H]1CC[C@H](C)C[C@@H]1OC. The lowest BCUT2D eigenvalue weighted by atomic mass is 9.80. The molecule has 0 spiro atoms. The van der Waals surface area contributed by atoms with Crippen molar-refractivity contribution in [3.05, 3.63) is 0 Å². The van der Waals surface area contributed by atoms with Crippen molar-refractivity contribution in [3.63, 3.8) is 0 Å². The molecule has 3 nitrogen and oxygen atoms in total. The van der Waals surface area contributed by atoms with Gasteiger partial charge in [-0.2, -0.15) is 0 Å². The Morgan fingerprint density at radius 2 is 2.14 bits per heavy atom. The van der Waals surface area contributed by atoms with Gasteiger partial charge >= 0.3 is 5.97 Å². The van der Waals surface area contributed by atoms with Crippen LogP contribution in [0.1, 0.15) is 33.1 Å². The van der Waals surface area contributed by atoms with Crippen molar-refractivity contribution in [2.75, 3.05) is 13.7 Å². The summed E-state index contributed by atoms with van der Waals surface area (Å²) >= 11 is 0. The minimum Gasteiger partial charge on any atom is -0.466 e. The second-order valence-corrected chi connectivity index (χ2v) is 4.05. The zero-order valence-electron chi connectivity index (χ0n) is 9.29. The quantitative estimate of drug-likeness (QED) is 0.654. The fourth-order valence-electron chi connectivity index (χ4n) is 2.11. The summed E-state index contributed by atoms with van der Waals surface area (Å²) in [6.45, 7) is 4.50. The van der Waals surface area contributed by atoms with Crippen LogP contribution in [0.4, 0.5) is 0 Å². The molecule has 0 aromatic heterocycles. The second-order valence-electron chi connectivity index (χ2n) is 4.05. The Hall–Kier alpha value is -0.570. The van der Waals surface area contributed by atoms with Crippen molar-refractivity contribution >= 4 is 5.97 Å². The molecule has 0 radical (unpaired) electrons. The fraction of sp³-hybridized carbons (Fsp3) is 0.909. The third-order valence-corrected chi connectivity index (χ3v) is 2.95. The van der Waals surface area contributed by atoms with Gasteiger partial charge in [-0.15, -0.1) is 0 Å². The molecule has 1 aliphatic carbocycles. The molecule has 82 valence electrons. The molecule has 0 aromatic carbocycles. The molecule has 0 bridgehead atoms. The average molecular weight is 200 g/mol. The van der Waals surface area contributed by atoms with Gasteiger partial charge in [0.1, 0.15) is 0 Å². The molecule has 0 unspecified atom stereocenters. The van der Waals surface area contributed by atoms with Gasteiger partial charge in [-0.25, -0.2) is 0 Å². The Bertz CT molecular complexity index is 191. The average Bonchev–Trinajstić information content (AvgIpc) is 2.17. The van der Waals surface area contributed by atoms with Gasteiger partial charge in [-0.3, -0.25) is 4.79 Å². The van der Waals surface area contributed by atoms with Crippen molar-refractivity contribution in [2.45, 2.75) is 39.2 Å². The maximum atomic E-state index is 11.6. The van der Waals surface area contributed by atoms with Crippen LogP contribution in [0.25, 0.3) is 0 Å². The number of methoxy groups -OCH3 is 1. The summed E-state index contributed by atoms with van der Waals surface area (Å²) in [6, 6.07) is 0. The monoisotopic (exact) mass is 200 g/mol. The third kappa shape index (κ3) is 2.71. The third-order valence-electron chi connectivity index (χ3n) is 2.95. The summed E-state index contributed by atoms with van der Waals surface area (Å²) in [7, 11) is 1.68. The van der Waals surface area contributed by atoms with E-state index in [-0.39, 0.29) is 18.0 Å². The highest BCUT2D eigenvalue weighted by atomic mass is 16.5. The van der Waals surface area contributed by atoms with E-state index in [0.29, 0.717) is 12.5 Å². The first-order chi connectivity index (χ1) is 6.69. The van der Waals surface area contributed by atoms with Gasteiger partial charge in [-0.05, 0) is 32.1 Å². The zero-order chi connectivity index (χ0) is 10.6. The molecule has 1 aliphatic rings. The Kier molecular flexibility index (Phi) is 4.39. The van der Waals surface area contributed by atoms with E-state index in [0.717, 1.165) is 19.3 Å². The minimum absolute atomic E-state index is 0.0452. The number of carbonyl (C=O) groups is 1. The molecule has 0 N–H and O–H groups in total. The second kappa shape index (κ2) is 5.35. The number of hydrogen-bond acceptors (Lipinski definition) is 3. The molecule has 0 amide bonds. The van der Waals surface area contributed by atoms with E-state index in [1.807, 2.05) is 6.92 Å². The molecule has 3 atom stereocenters. The molecule has 3 heteroatoms. The van der Waals surface area contributed by atoms with E-state index in [1.54, 1.807) is 7.11 Å². The molecule has 0 aliphatic heterocycles. The van der Waals surface area contributed by atoms with Crippen molar-refractivity contribution in [1.29, 1.82) is 0 Å². The smallest absolute Gasteiger partial charge is 0.311 e. The summed E-state index contributed by atoms with van der Waals surface area (Å²) in [6.07, 6.45) is 3.03. The molecule has 0 saturated heterocycles. The Balaban J connectivity index is 2.53. The summed E-state index contributed by atoms with van der Waals surface area (Å²) in [5.74, 6) is 0.521. The largest absolute Gasteiger partial charge is 0.466 e. The maximum Gasteiger partial charge on any atom is 0.311 e. The molecular weight excluding hydrogens is 180 g/mol. The van der Waals surface area contributed by atoms with Crippen LogP contribution in [0, 0.1) is 11.8 Å². The van der Waals surface area contributed by atoms with Gasteiger partial charge in [0.2, 0.25) is 0 Å². The Morgan fingerprint density at radius 3 is 2.71 bits per heavy atom. The van der Waals surface area contributed by atoms with Crippen molar-refractivity contribution in [1.82, 2.24) is 0 Å². The normalized spacial score (nSPS) is 32.6. The summed E-state index contributed by atoms with van der Waals surface area (Å²) < 4.78 is 10.4. The summed E-state index contributed by atoms with van der Waals surface area (Å²) in [4.78, 5) is 11.6. The summed E-state index contributed by atoms with van der Waals surface area (Å²) in [5.41, 5.74) is 0. The van der Waals surface area contributed by atoms with E-state index < -0.39 is 0 Å². The number of rotatable bonds is 3. The Labute approximate surface area is 85.8 Å². The van der Waals surface area contributed by atoms with Gasteiger partial charge in [0.05, 0.1) is 18.6 Å². The predicted molar refractivity (Wildman–Crippen MR) is 53.9 cm³/mol. The first kappa shape index (κ1) is 11.5. The highest BCUT2D eigenvalue weighted by Crippen LogP contribution is 2.31. The van der Waals surface area contributed by atoms with E-state index in [4.69, 9.17) is 9.47 Å². The molecule has 1 fully saturated rings. The van der Waals surface area contributed by atoms with E-state index >= 15 is 0 Å². The lowest BCUT2D eigenvalue weighted by Crippen LogP contribution is -2.36. The van der Waals surface area contributed by atoms with Crippen molar-refractivity contribution < 1.29 is 14.3 Å². The standard InChI is InChI=1S/C11H20O3/c1-4-14-11(12)9-6-5-8(2)7-10(9)13-3/h8-10H,4-7H2,1-3H3/t8-,9+,10-/m0/s1. The van der Waals surface area contributed by atoms with E-state index in [9.17, 15) is 4.79 Å². The van der Waals surface area contributed by atoms with Crippen LogP contribution in [0.3, 0.4) is 0 Å². The molecule has 0 heterocycles. The number of ether oxygens (including phenoxy) is 2. The molecule has 1 rings (SSSR count). The lowest BCUT2D eigenvalue weighted by molar-refractivity contribution is -0.155. The molecule has 0 aromatic rings. The maximum absolute atomic E-state index is 11.6. The van der Waals surface area contributed by atoms with Gasteiger partial charge in [0.25, 0.3) is 0 Å². The van der Waals surface area contributed by atoms with Crippen LogP contribution in [-0.2, 0) is 14.3 Å². The van der Waals surface area contributed by atoms with Crippen LogP contribution in [0.15, 0.2) is 0 Å². The first-order valence-corrected chi connectivity index (χ1v) is 5.38. The van der Waals surface area contributed by atoms with Gasteiger partial charge in [-0.1, -0.05) is 6.92 Å². The number of esters is 1. The highest BCUT2D eigenvalue weighted by molar-refractivity contribution is 5.73. The number of carbonyl (C=O) groups excluding carboxylic acids is 1. The molecule has 1 saturated carbocycles. The van der Waals surface area contributed by atoms with Crippen LogP contribution in [0.5, 0.6) is 0 Å². The Morgan fingerprint density at radius 1 is 1.43 bits per heavy atom. The molecular formula is C11H20O3. The highest BCUT2D eigenvalue weighted by Gasteiger charge is 2.34.